The Bertz CT molecular complexity index is 230. The lowest BCUT2D eigenvalue weighted by atomic mass is 9.84. The monoisotopic (exact) mass is 209 g/mol. The fraction of sp³-hybridized carbons (Fsp3) is 0.917. The largest absolute Gasteiger partial charge is 0.301 e. The van der Waals surface area contributed by atoms with E-state index in [1.165, 1.54) is 12.8 Å². The first kappa shape index (κ1) is 12.5. The zero-order valence-corrected chi connectivity index (χ0v) is 10.2. The Labute approximate surface area is 93.5 Å². The first-order valence-electron chi connectivity index (χ1n) is 5.93. The van der Waals surface area contributed by atoms with E-state index in [9.17, 15) is 0 Å². The van der Waals surface area contributed by atoms with Gasteiger partial charge in [0.25, 0.3) is 0 Å². The molecule has 1 rings (SSSR count). The number of hydrogen-bond acceptors (Lipinski definition) is 3. The summed E-state index contributed by atoms with van der Waals surface area (Å²) in [6.07, 6.45) is 2.57. The van der Waals surface area contributed by atoms with Crippen LogP contribution in [0.3, 0.4) is 0 Å². The molecule has 0 aromatic carbocycles. The molecule has 0 radical (unpaired) electrons. The maximum atomic E-state index is 8.98. The van der Waals surface area contributed by atoms with Gasteiger partial charge in [-0.15, -0.1) is 0 Å². The van der Waals surface area contributed by atoms with Crippen LogP contribution in [0.25, 0.3) is 0 Å². The van der Waals surface area contributed by atoms with E-state index in [4.69, 9.17) is 5.26 Å². The maximum absolute atomic E-state index is 8.98. The summed E-state index contributed by atoms with van der Waals surface area (Å²) in [5.41, 5.74) is 0.421. The average Bonchev–Trinajstić information content (AvgIpc) is 2.15. The molecule has 3 heteroatoms. The summed E-state index contributed by atoms with van der Waals surface area (Å²) < 4.78 is 0. The Kier molecular flexibility index (Phi) is 4.56. The number of nitrogens with zero attached hydrogens (tertiary/aromatic N) is 2. The number of piperidine rings is 1. The molecule has 3 nitrogen and oxygen atoms in total. The molecule has 0 bridgehead atoms. The summed E-state index contributed by atoms with van der Waals surface area (Å²) in [6, 6.07) is 2.31. The second-order valence-corrected chi connectivity index (χ2v) is 5.24. The number of nitrogens with one attached hydrogen (secondary N) is 1. The molecule has 1 fully saturated rings. The summed E-state index contributed by atoms with van der Waals surface area (Å²) in [4.78, 5) is 2.42. The molecule has 1 aliphatic rings. The maximum Gasteiger partial charge on any atom is 0.108 e. The van der Waals surface area contributed by atoms with Gasteiger partial charge in [0.05, 0.1) is 6.07 Å². The van der Waals surface area contributed by atoms with Gasteiger partial charge in [-0.05, 0) is 31.3 Å². The van der Waals surface area contributed by atoms with E-state index < -0.39 is 0 Å². The molecule has 0 aromatic heterocycles. The molecule has 1 aliphatic heterocycles. The molecule has 1 heterocycles. The Morgan fingerprint density at radius 1 is 1.53 bits per heavy atom. The van der Waals surface area contributed by atoms with Crippen LogP contribution in [0.2, 0.25) is 0 Å². The molecule has 1 atom stereocenters. The Balaban J connectivity index is 2.40. The molecule has 0 amide bonds. The van der Waals surface area contributed by atoms with Crippen molar-refractivity contribution in [2.75, 3.05) is 26.2 Å². The summed E-state index contributed by atoms with van der Waals surface area (Å²) in [7, 11) is 0. The number of hydrogen-bond donors (Lipinski definition) is 1. The normalized spacial score (nSPS) is 23.3. The summed E-state index contributed by atoms with van der Waals surface area (Å²) in [5, 5.41) is 12.2. The third kappa shape index (κ3) is 4.19. The summed E-state index contributed by atoms with van der Waals surface area (Å²) in [5.74, 6) is 0. The predicted octanol–water partition coefficient (Wildman–Crippen LogP) is 1.61. The van der Waals surface area contributed by atoms with Crippen LogP contribution in [0.15, 0.2) is 0 Å². The molecule has 86 valence electrons. The third-order valence-corrected chi connectivity index (χ3v) is 3.03. The van der Waals surface area contributed by atoms with Gasteiger partial charge in [0.15, 0.2) is 0 Å². The molecule has 0 spiro atoms. The zero-order chi connectivity index (χ0) is 11.3. The van der Waals surface area contributed by atoms with Crippen LogP contribution in [0.4, 0.5) is 0 Å². The van der Waals surface area contributed by atoms with Crippen molar-refractivity contribution in [3.05, 3.63) is 0 Å². The highest BCUT2D eigenvalue weighted by molar-refractivity contribution is 4.93. The molecule has 1 saturated heterocycles. The molecular formula is C12H23N3. The lowest BCUT2D eigenvalue weighted by molar-refractivity contribution is 0.113. The zero-order valence-electron chi connectivity index (χ0n) is 10.2. The highest BCUT2D eigenvalue weighted by Crippen LogP contribution is 2.28. The molecule has 0 aromatic rings. The SMILES string of the molecule is CCNC(C#N)CN1CCCC(C)(C)C1. The van der Waals surface area contributed by atoms with Crippen LogP contribution in [0.5, 0.6) is 0 Å². The average molecular weight is 209 g/mol. The Morgan fingerprint density at radius 2 is 2.27 bits per heavy atom. The van der Waals surface area contributed by atoms with Gasteiger partial charge >= 0.3 is 0 Å². The minimum atomic E-state index is -0.0103. The first-order valence-corrected chi connectivity index (χ1v) is 5.93. The fourth-order valence-electron chi connectivity index (χ4n) is 2.36. The predicted molar refractivity (Wildman–Crippen MR) is 62.5 cm³/mol. The Morgan fingerprint density at radius 3 is 2.80 bits per heavy atom. The van der Waals surface area contributed by atoms with Crippen molar-refractivity contribution in [3.8, 4) is 6.07 Å². The third-order valence-electron chi connectivity index (χ3n) is 3.03. The van der Waals surface area contributed by atoms with E-state index in [-0.39, 0.29) is 6.04 Å². The van der Waals surface area contributed by atoms with Gasteiger partial charge in [0.1, 0.15) is 6.04 Å². The van der Waals surface area contributed by atoms with Crippen molar-refractivity contribution in [1.82, 2.24) is 10.2 Å². The molecular weight excluding hydrogens is 186 g/mol. The number of likely N-dealkylation sites (tertiary alicyclic amines) is 1. The van der Waals surface area contributed by atoms with E-state index in [1.807, 2.05) is 6.92 Å². The van der Waals surface area contributed by atoms with E-state index in [2.05, 4.69) is 30.1 Å². The van der Waals surface area contributed by atoms with Crippen molar-refractivity contribution in [3.63, 3.8) is 0 Å². The van der Waals surface area contributed by atoms with Crippen LogP contribution >= 0.6 is 0 Å². The van der Waals surface area contributed by atoms with Crippen molar-refractivity contribution in [2.24, 2.45) is 5.41 Å². The van der Waals surface area contributed by atoms with E-state index in [1.54, 1.807) is 0 Å². The lowest BCUT2D eigenvalue weighted by Crippen LogP contribution is -2.46. The number of nitriles is 1. The van der Waals surface area contributed by atoms with Crippen molar-refractivity contribution in [2.45, 2.75) is 39.7 Å². The molecule has 15 heavy (non-hydrogen) atoms. The van der Waals surface area contributed by atoms with Gasteiger partial charge in [0.2, 0.25) is 0 Å². The molecule has 1 unspecified atom stereocenters. The van der Waals surface area contributed by atoms with Gasteiger partial charge in [-0.1, -0.05) is 20.8 Å². The van der Waals surface area contributed by atoms with Crippen LogP contribution in [-0.4, -0.2) is 37.1 Å². The molecule has 1 N–H and O–H groups in total. The molecule has 0 aliphatic carbocycles. The second-order valence-electron chi connectivity index (χ2n) is 5.24. The smallest absolute Gasteiger partial charge is 0.108 e. The minimum absolute atomic E-state index is 0.0103. The minimum Gasteiger partial charge on any atom is -0.301 e. The summed E-state index contributed by atoms with van der Waals surface area (Å²) in [6.45, 7) is 10.7. The quantitative estimate of drug-likeness (QED) is 0.764. The van der Waals surface area contributed by atoms with E-state index in [0.717, 1.165) is 26.2 Å². The van der Waals surface area contributed by atoms with Crippen molar-refractivity contribution < 1.29 is 0 Å². The lowest BCUT2D eigenvalue weighted by Gasteiger charge is -2.38. The van der Waals surface area contributed by atoms with Gasteiger partial charge in [-0.25, -0.2) is 0 Å². The number of likely N-dealkylation sites (N-methyl/N-ethyl adjacent to an activating group) is 1. The molecule has 0 saturated carbocycles. The highest BCUT2D eigenvalue weighted by atomic mass is 15.2. The highest BCUT2D eigenvalue weighted by Gasteiger charge is 2.27. The Hall–Kier alpha value is -0.590. The number of rotatable bonds is 4. The van der Waals surface area contributed by atoms with Crippen molar-refractivity contribution >= 4 is 0 Å². The first-order chi connectivity index (χ1) is 7.07. The topological polar surface area (TPSA) is 39.1 Å². The standard InChI is InChI=1S/C12H23N3/c1-4-14-11(8-13)9-15-7-5-6-12(2,3)10-15/h11,14H,4-7,9-10H2,1-3H3. The summed E-state index contributed by atoms with van der Waals surface area (Å²) >= 11 is 0. The van der Waals surface area contributed by atoms with Crippen LogP contribution in [-0.2, 0) is 0 Å². The second kappa shape index (κ2) is 5.48. The van der Waals surface area contributed by atoms with E-state index in [0.29, 0.717) is 5.41 Å². The van der Waals surface area contributed by atoms with Crippen LogP contribution in [0, 0.1) is 16.7 Å². The fourth-order valence-corrected chi connectivity index (χ4v) is 2.36. The van der Waals surface area contributed by atoms with E-state index >= 15 is 0 Å². The van der Waals surface area contributed by atoms with Gasteiger partial charge < -0.3 is 10.2 Å². The van der Waals surface area contributed by atoms with Gasteiger partial charge in [-0.2, -0.15) is 5.26 Å². The van der Waals surface area contributed by atoms with Crippen molar-refractivity contribution in [1.29, 1.82) is 5.26 Å². The van der Waals surface area contributed by atoms with Crippen LogP contribution in [0.1, 0.15) is 33.6 Å². The van der Waals surface area contributed by atoms with Gasteiger partial charge in [-0.3, -0.25) is 0 Å². The van der Waals surface area contributed by atoms with Crippen LogP contribution < -0.4 is 5.32 Å². The van der Waals surface area contributed by atoms with Gasteiger partial charge in [0, 0.05) is 13.1 Å².